The van der Waals surface area contributed by atoms with Crippen LogP contribution in [0.15, 0.2) is 29.2 Å². The van der Waals surface area contributed by atoms with Gasteiger partial charge >= 0.3 is 0 Å². The largest absolute Gasteiger partial charge is 0.369 e. The van der Waals surface area contributed by atoms with Crippen LogP contribution >= 0.6 is 0 Å². The molecule has 1 atom stereocenters. The molecule has 1 fully saturated rings. The third-order valence-electron chi connectivity index (χ3n) is 3.36. The molecule has 1 saturated heterocycles. The molecule has 1 aromatic carbocycles. The molecule has 0 aliphatic carbocycles. The van der Waals surface area contributed by atoms with Crippen LogP contribution in [0.3, 0.4) is 0 Å². The highest BCUT2D eigenvalue weighted by atomic mass is 32.2. The highest BCUT2D eigenvalue weighted by molar-refractivity contribution is 7.89. The molecule has 1 heterocycles. The van der Waals surface area contributed by atoms with E-state index < -0.39 is 21.8 Å². The molecule has 1 unspecified atom stereocenters. The normalized spacial score (nSPS) is 19.0. The van der Waals surface area contributed by atoms with Crippen molar-refractivity contribution in [2.24, 2.45) is 17.4 Å². The quantitative estimate of drug-likeness (QED) is 0.734. The van der Waals surface area contributed by atoms with E-state index in [1.807, 2.05) is 0 Å². The van der Waals surface area contributed by atoms with Crippen LogP contribution in [0.5, 0.6) is 0 Å². The first-order chi connectivity index (χ1) is 9.95. The number of sulfonamides is 1. The van der Waals surface area contributed by atoms with E-state index in [1.165, 1.54) is 16.4 Å². The Bertz CT molecular complexity index is 704. The third kappa shape index (κ3) is 3.42. The van der Waals surface area contributed by atoms with Gasteiger partial charge in [-0.1, -0.05) is 17.9 Å². The lowest BCUT2D eigenvalue weighted by Crippen LogP contribution is -2.31. The average Bonchev–Trinajstić information content (AvgIpc) is 2.96. The van der Waals surface area contributed by atoms with Gasteiger partial charge in [0.05, 0.1) is 17.4 Å². The van der Waals surface area contributed by atoms with Crippen molar-refractivity contribution in [2.75, 3.05) is 19.6 Å². The van der Waals surface area contributed by atoms with Gasteiger partial charge in [-0.2, -0.15) is 4.31 Å². The van der Waals surface area contributed by atoms with Crippen LogP contribution in [0.1, 0.15) is 12.0 Å². The van der Waals surface area contributed by atoms with E-state index in [4.69, 9.17) is 11.5 Å². The summed E-state index contributed by atoms with van der Waals surface area (Å²) < 4.78 is 26.3. The van der Waals surface area contributed by atoms with Crippen molar-refractivity contribution >= 4 is 15.9 Å². The molecule has 0 radical (unpaired) electrons. The zero-order valence-corrected chi connectivity index (χ0v) is 12.3. The molecule has 0 aromatic heterocycles. The van der Waals surface area contributed by atoms with Crippen LogP contribution in [0.2, 0.25) is 0 Å². The SMILES string of the molecule is NCC#Cc1cccc(S(=O)(=O)N2CCC(C(N)=O)C2)c1. The summed E-state index contributed by atoms with van der Waals surface area (Å²) in [4.78, 5) is 11.3. The highest BCUT2D eigenvalue weighted by Gasteiger charge is 2.34. The number of hydrogen-bond donors (Lipinski definition) is 2. The Balaban J connectivity index is 2.26. The van der Waals surface area contributed by atoms with Gasteiger partial charge < -0.3 is 11.5 Å². The Kier molecular flexibility index (Phi) is 4.63. The fraction of sp³-hybridized carbons (Fsp3) is 0.357. The number of primary amides is 1. The molecule has 0 bridgehead atoms. The summed E-state index contributed by atoms with van der Waals surface area (Å²) in [6.45, 7) is 0.647. The summed E-state index contributed by atoms with van der Waals surface area (Å²) in [6.07, 6.45) is 0.460. The molecular formula is C14H17N3O3S. The predicted octanol–water partition coefficient (Wildman–Crippen LogP) is -0.507. The van der Waals surface area contributed by atoms with E-state index in [0.717, 1.165) is 0 Å². The van der Waals surface area contributed by atoms with Crippen molar-refractivity contribution in [1.82, 2.24) is 4.31 Å². The van der Waals surface area contributed by atoms with Crippen molar-refractivity contribution in [2.45, 2.75) is 11.3 Å². The molecule has 0 saturated carbocycles. The number of hydrogen-bond acceptors (Lipinski definition) is 4. The van der Waals surface area contributed by atoms with E-state index in [-0.39, 0.29) is 18.0 Å². The monoisotopic (exact) mass is 307 g/mol. The molecule has 112 valence electrons. The van der Waals surface area contributed by atoms with Crippen molar-refractivity contribution in [3.05, 3.63) is 29.8 Å². The number of nitrogens with zero attached hydrogens (tertiary/aromatic N) is 1. The maximum atomic E-state index is 12.5. The number of carbonyl (C=O) groups excluding carboxylic acids is 1. The first kappa shape index (κ1) is 15.5. The van der Waals surface area contributed by atoms with Crippen LogP contribution in [0, 0.1) is 17.8 Å². The second-order valence-electron chi connectivity index (χ2n) is 4.78. The van der Waals surface area contributed by atoms with Gasteiger partial charge in [0, 0.05) is 18.7 Å². The van der Waals surface area contributed by atoms with E-state index in [9.17, 15) is 13.2 Å². The van der Waals surface area contributed by atoms with E-state index in [0.29, 0.717) is 18.5 Å². The molecular weight excluding hydrogens is 290 g/mol. The van der Waals surface area contributed by atoms with Crippen molar-refractivity contribution in [3.8, 4) is 11.8 Å². The summed E-state index contributed by atoms with van der Waals surface area (Å²) in [6, 6.07) is 6.38. The molecule has 1 aliphatic heterocycles. The molecule has 7 heteroatoms. The number of benzene rings is 1. The van der Waals surface area contributed by atoms with Gasteiger partial charge in [0.2, 0.25) is 15.9 Å². The standard InChI is InChI=1S/C14H17N3O3S/c15-7-2-4-11-3-1-5-13(9-11)21(19,20)17-8-6-12(10-17)14(16)18/h1,3,5,9,12H,6-8,10,15H2,(H2,16,18). The van der Waals surface area contributed by atoms with Crippen LogP contribution in [-0.4, -0.2) is 38.3 Å². The van der Waals surface area contributed by atoms with Crippen molar-refractivity contribution in [1.29, 1.82) is 0 Å². The second kappa shape index (κ2) is 6.26. The van der Waals surface area contributed by atoms with Gasteiger partial charge in [-0.05, 0) is 24.6 Å². The molecule has 2 rings (SSSR count). The highest BCUT2D eigenvalue weighted by Crippen LogP contribution is 2.24. The molecule has 21 heavy (non-hydrogen) atoms. The van der Waals surface area contributed by atoms with Crippen LogP contribution in [0.4, 0.5) is 0 Å². The summed E-state index contributed by atoms with van der Waals surface area (Å²) in [5, 5.41) is 0. The van der Waals surface area contributed by atoms with Crippen LogP contribution in [-0.2, 0) is 14.8 Å². The summed E-state index contributed by atoms with van der Waals surface area (Å²) >= 11 is 0. The van der Waals surface area contributed by atoms with E-state index in [2.05, 4.69) is 11.8 Å². The summed E-state index contributed by atoms with van der Waals surface area (Å²) in [5.41, 5.74) is 11.1. The van der Waals surface area contributed by atoms with Gasteiger partial charge in [-0.25, -0.2) is 8.42 Å². The van der Waals surface area contributed by atoms with E-state index >= 15 is 0 Å². The smallest absolute Gasteiger partial charge is 0.243 e. The van der Waals surface area contributed by atoms with Gasteiger partial charge in [0.25, 0.3) is 0 Å². The van der Waals surface area contributed by atoms with Crippen molar-refractivity contribution < 1.29 is 13.2 Å². The Labute approximate surface area is 124 Å². The Morgan fingerprint density at radius 2 is 2.19 bits per heavy atom. The minimum absolute atomic E-state index is 0.135. The lowest BCUT2D eigenvalue weighted by atomic mass is 10.1. The zero-order valence-electron chi connectivity index (χ0n) is 11.5. The average molecular weight is 307 g/mol. The Morgan fingerprint density at radius 3 is 2.81 bits per heavy atom. The van der Waals surface area contributed by atoms with E-state index in [1.54, 1.807) is 12.1 Å². The van der Waals surface area contributed by atoms with Crippen LogP contribution in [0.25, 0.3) is 0 Å². The second-order valence-corrected chi connectivity index (χ2v) is 6.72. The fourth-order valence-electron chi connectivity index (χ4n) is 2.22. The van der Waals surface area contributed by atoms with Gasteiger partial charge in [-0.15, -0.1) is 0 Å². The maximum Gasteiger partial charge on any atom is 0.243 e. The molecule has 6 nitrogen and oxygen atoms in total. The topological polar surface area (TPSA) is 106 Å². The fourth-order valence-corrected chi connectivity index (χ4v) is 3.76. The minimum atomic E-state index is -3.63. The Hall–Kier alpha value is -1.88. The molecule has 1 aromatic rings. The minimum Gasteiger partial charge on any atom is -0.369 e. The van der Waals surface area contributed by atoms with Crippen molar-refractivity contribution in [3.63, 3.8) is 0 Å². The first-order valence-corrected chi connectivity index (χ1v) is 7.97. The lowest BCUT2D eigenvalue weighted by Gasteiger charge is -2.16. The Morgan fingerprint density at radius 1 is 1.43 bits per heavy atom. The molecule has 1 aliphatic rings. The molecule has 4 N–H and O–H groups in total. The number of amides is 1. The number of rotatable bonds is 3. The summed E-state index contributed by atoms with van der Waals surface area (Å²) in [5.74, 6) is 4.61. The van der Waals surface area contributed by atoms with Gasteiger partial charge in [0.1, 0.15) is 0 Å². The third-order valence-corrected chi connectivity index (χ3v) is 5.22. The first-order valence-electron chi connectivity index (χ1n) is 6.53. The van der Waals surface area contributed by atoms with Gasteiger partial charge in [0.15, 0.2) is 0 Å². The van der Waals surface area contributed by atoms with Gasteiger partial charge in [-0.3, -0.25) is 4.79 Å². The maximum absolute atomic E-state index is 12.5. The number of nitrogens with two attached hydrogens (primary N) is 2. The predicted molar refractivity (Wildman–Crippen MR) is 78.4 cm³/mol. The molecule has 1 amide bonds. The van der Waals surface area contributed by atoms with Crippen LogP contribution < -0.4 is 11.5 Å². The summed E-state index contributed by atoms with van der Waals surface area (Å²) in [7, 11) is -3.63. The molecule has 0 spiro atoms. The zero-order chi connectivity index (χ0) is 15.5. The number of carbonyl (C=O) groups is 1. The lowest BCUT2D eigenvalue weighted by molar-refractivity contribution is -0.121.